The lowest BCUT2D eigenvalue weighted by atomic mass is 9.97. The summed E-state index contributed by atoms with van der Waals surface area (Å²) in [4.78, 5) is 2.26. The fraction of sp³-hybridized carbons (Fsp3) is 0.0345. The summed E-state index contributed by atoms with van der Waals surface area (Å²) in [6.07, 6.45) is 0. The van der Waals surface area contributed by atoms with Gasteiger partial charge in [-0.15, -0.1) is 0 Å². The lowest BCUT2D eigenvalue weighted by molar-refractivity contribution is 1.21. The van der Waals surface area contributed by atoms with Crippen LogP contribution in [-0.2, 0) is 0 Å². The van der Waals surface area contributed by atoms with Crippen LogP contribution in [0.25, 0.3) is 33.0 Å². The zero-order chi connectivity index (χ0) is 20.3. The minimum Gasteiger partial charge on any atom is -0.345 e. The first-order chi connectivity index (χ1) is 14.8. The second-order valence-corrected chi connectivity index (χ2v) is 7.55. The Morgan fingerprint density at radius 1 is 0.467 bits per heavy atom. The Morgan fingerprint density at radius 2 is 1.03 bits per heavy atom. The van der Waals surface area contributed by atoms with Crippen LogP contribution in [0.3, 0.4) is 0 Å². The highest BCUT2D eigenvalue weighted by Crippen LogP contribution is 2.35. The van der Waals surface area contributed by atoms with Gasteiger partial charge in [-0.05, 0) is 57.3 Å². The van der Waals surface area contributed by atoms with E-state index in [9.17, 15) is 0 Å². The van der Waals surface area contributed by atoms with E-state index in [2.05, 4.69) is 133 Å². The Hall–Kier alpha value is -3.84. The fourth-order valence-electron chi connectivity index (χ4n) is 4.00. The molecule has 30 heavy (non-hydrogen) atoms. The molecule has 0 N–H and O–H groups in total. The number of anilines is 2. The lowest BCUT2D eigenvalue weighted by Crippen LogP contribution is -2.09. The van der Waals surface area contributed by atoms with Crippen LogP contribution in [0.5, 0.6) is 0 Å². The summed E-state index contributed by atoms with van der Waals surface area (Å²) < 4.78 is 0. The monoisotopic (exact) mass is 385 g/mol. The summed E-state index contributed by atoms with van der Waals surface area (Å²) in [7, 11) is 2.14. The van der Waals surface area contributed by atoms with Gasteiger partial charge in [0, 0.05) is 18.4 Å². The van der Waals surface area contributed by atoms with E-state index >= 15 is 0 Å². The molecule has 0 spiro atoms. The molecular formula is C29H23N. The summed E-state index contributed by atoms with van der Waals surface area (Å²) in [5.74, 6) is 0. The second kappa shape index (κ2) is 7.88. The fourth-order valence-corrected chi connectivity index (χ4v) is 4.00. The van der Waals surface area contributed by atoms with E-state index in [1.165, 1.54) is 44.4 Å². The van der Waals surface area contributed by atoms with Gasteiger partial charge in [-0.3, -0.25) is 0 Å². The molecule has 0 unspecified atom stereocenters. The van der Waals surface area contributed by atoms with Gasteiger partial charge in [0.2, 0.25) is 0 Å². The molecule has 0 saturated heterocycles. The molecule has 0 bridgehead atoms. The van der Waals surface area contributed by atoms with E-state index in [1.54, 1.807) is 0 Å². The zero-order valence-corrected chi connectivity index (χ0v) is 17.0. The maximum atomic E-state index is 2.29. The van der Waals surface area contributed by atoms with E-state index in [1.807, 2.05) is 0 Å². The first kappa shape index (κ1) is 18.2. The minimum absolute atomic E-state index is 1.17. The SMILES string of the molecule is CN(c1ccc(-c2ccccc2)cc1)c1cc(-c2ccccc2)c2ccccc2c1. The van der Waals surface area contributed by atoms with Crippen LogP contribution in [-0.4, -0.2) is 7.05 Å². The predicted molar refractivity (Wildman–Crippen MR) is 129 cm³/mol. The summed E-state index contributed by atoms with van der Waals surface area (Å²) in [6.45, 7) is 0. The van der Waals surface area contributed by atoms with Gasteiger partial charge < -0.3 is 4.90 Å². The smallest absolute Gasteiger partial charge is 0.0420 e. The van der Waals surface area contributed by atoms with Crippen LogP contribution in [0.1, 0.15) is 0 Å². The molecule has 0 aromatic heterocycles. The topological polar surface area (TPSA) is 3.24 Å². The first-order valence-corrected chi connectivity index (χ1v) is 10.3. The van der Waals surface area contributed by atoms with Crippen LogP contribution in [0.2, 0.25) is 0 Å². The molecule has 5 rings (SSSR count). The highest BCUT2D eigenvalue weighted by Gasteiger charge is 2.10. The van der Waals surface area contributed by atoms with Crippen LogP contribution in [0.4, 0.5) is 11.4 Å². The van der Waals surface area contributed by atoms with Crippen LogP contribution in [0.15, 0.2) is 121 Å². The Bertz CT molecular complexity index is 1270. The molecule has 5 aromatic carbocycles. The third-order valence-electron chi connectivity index (χ3n) is 5.68. The Balaban J connectivity index is 1.56. The van der Waals surface area contributed by atoms with E-state index in [0.717, 1.165) is 0 Å². The van der Waals surface area contributed by atoms with E-state index in [-0.39, 0.29) is 0 Å². The van der Waals surface area contributed by atoms with Gasteiger partial charge in [0.25, 0.3) is 0 Å². The van der Waals surface area contributed by atoms with E-state index in [0.29, 0.717) is 0 Å². The summed E-state index contributed by atoms with van der Waals surface area (Å²) in [6, 6.07) is 43.1. The molecule has 0 aliphatic carbocycles. The van der Waals surface area contributed by atoms with Gasteiger partial charge in [-0.1, -0.05) is 97.1 Å². The van der Waals surface area contributed by atoms with Crippen molar-refractivity contribution in [2.24, 2.45) is 0 Å². The molecule has 0 radical (unpaired) electrons. The summed E-state index contributed by atoms with van der Waals surface area (Å²) >= 11 is 0. The molecule has 1 nitrogen and oxygen atoms in total. The lowest BCUT2D eigenvalue weighted by Gasteiger charge is -2.22. The molecule has 0 heterocycles. The molecule has 1 heteroatoms. The van der Waals surface area contributed by atoms with Crippen LogP contribution < -0.4 is 4.90 Å². The summed E-state index contributed by atoms with van der Waals surface area (Å²) in [5, 5.41) is 2.53. The molecule has 0 aliphatic rings. The molecular weight excluding hydrogens is 362 g/mol. The maximum absolute atomic E-state index is 2.29. The van der Waals surface area contributed by atoms with Crippen molar-refractivity contribution in [3.63, 3.8) is 0 Å². The number of rotatable bonds is 4. The number of hydrogen-bond acceptors (Lipinski definition) is 1. The molecule has 5 aromatic rings. The average Bonchev–Trinajstić information content (AvgIpc) is 2.84. The second-order valence-electron chi connectivity index (χ2n) is 7.55. The molecule has 0 fully saturated rings. The van der Waals surface area contributed by atoms with Crippen molar-refractivity contribution in [1.29, 1.82) is 0 Å². The quantitative estimate of drug-likeness (QED) is 0.303. The largest absolute Gasteiger partial charge is 0.345 e. The van der Waals surface area contributed by atoms with Crippen LogP contribution in [0, 0.1) is 0 Å². The van der Waals surface area contributed by atoms with E-state index < -0.39 is 0 Å². The van der Waals surface area contributed by atoms with Crippen molar-refractivity contribution in [2.45, 2.75) is 0 Å². The minimum atomic E-state index is 1.17. The molecule has 0 saturated carbocycles. The van der Waals surface area contributed by atoms with Gasteiger partial charge in [0.1, 0.15) is 0 Å². The Morgan fingerprint density at radius 3 is 1.73 bits per heavy atom. The van der Waals surface area contributed by atoms with Gasteiger partial charge in [0.15, 0.2) is 0 Å². The Kier molecular flexibility index (Phi) is 4.78. The number of fused-ring (bicyclic) bond motifs is 1. The highest BCUT2D eigenvalue weighted by molar-refractivity contribution is 5.99. The van der Waals surface area contributed by atoms with Crippen LogP contribution >= 0.6 is 0 Å². The van der Waals surface area contributed by atoms with Gasteiger partial charge in [0.05, 0.1) is 0 Å². The van der Waals surface area contributed by atoms with Gasteiger partial charge >= 0.3 is 0 Å². The van der Waals surface area contributed by atoms with Gasteiger partial charge in [-0.2, -0.15) is 0 Å². The normalized spacial score (nSPS) is 10.8. The summed E-state index contributed by atoms with van der Waals surface area (Å²) in [5.41, 5.74) is 7.32. The average molecular weight is 386 g/mol. The molecule has 0 amide bonds. The molecule has 0 atom stereocenters. The first-order valence-electron chi connectivity index (χ1n) is 10.3. The highest BCUT2D eigenvalue weighted by atomic mass is 15.1. The third-order valence-corrected chi connectivity index (χ3v) is 5.68. The number of hydrogen-bond donors (Lipinski definition) is 0. The maximum Gasteiger partial charge on any atom is 0.0420 e. The molecule has 0 aliphatic heterocycles. The third kappa shape index (κ3) is 3.46. The van der Waals surface area contributed by atoms with Gasteiger partial charge in [-0.25, -0.2) is 0 Å². The van der Waals surface area contributed by atoms with Crippen molar-refractivity contribution in [2.75, 3.05) is 11.9 Å². The number of benzene rings is 5. The van der Waals surface area contributed by atoms with Crippen molar-refractivity contribution in [1.82, 2.24) is 0 Å². The Labute approximate surface area is 177 Å². The molecule has 144 valence electrons. The number of nitrogens with zero attached hydrogens (tertiary/aromatic N) is 1. The van der Waals surface area contributed by atoms with Crippen molar-refractivity contribution in [3.8, 4) is 22.3 Å². The van der Waals surface area contributed by atoms with Crippen molar-refractivity contribution >= 4 is 22.1 Å². The standard InChI is InChI=1S/C29H23N/c1-30(26-18-16-23(17-19-26)22-10-4-2-5-11-22)27-20-25-14-8-9-15-28(25)29(21-27)24-12-6-3-7-13-24/h2-21H,1H3. The van der Waals surface area contributed by atoms with Crippen molar-refractivity contribution in [3.05, 3.63) is 121 Å². The zero-order valence-electron chi connectivity index (χ0n) is 17.0. The van der Waals surface area contributed by atoms with Crippen molar-refractivity contribution < 1.29 is 0 Å². The predicted octanol–water partition coefficient (Wildman–Crippen LogP) is 7.94. The van der Waals surface area contributed by atoms with E-state index in [4.69, 9.17) is 0 Å².